The lowest BCUT2D eigenvalue weighted by atomic mass is 10.1. The van der Waals surface area contributed by atoms with Crippen molar-refractivity contribution in [3.8, 4) is 23.7 Å². The molecule has 0 aliphatic rings. The second-order valence-corrected chi connectivity index (χ2v) is 5.96. The molecule has 0 amide bonds. The molecule has 0 radical (unpaired) electrons. The number of rotatable bonds is 7. The van der Waals surface area contributed by atoms with Crippen molar-refractivity contribution in [2.24, 2.45) is 0 Å². The fourth-order valence-corrected chi connectivity index (χ4v) is 2.51. The molecule has 0 unspecified atom stereocenters. The Bertz CT molecular complexity index is 611. The molecule has 122 valence electrons. The molecule has 0 bridgehead atoms. The quantitative estimate of drug-likeness (QED) is 0.421. The fraction of sp³-hybridized carbons (Fsp3) is 0.333. The lowest BCUT2D eigenvalue weighted by Crippen LogP contribution is -1.80. The van der Waals surface area contributed by atoms with E-state index in [9.17, 15) is 0 Å². The van der Waals surface area contributed by atoms with E-state index in [-0.39, 0.29) is 0 Å². The van der Waals surface area contributed by atoms with Crippen LogP contribution in [0.3, 0.4) is 0 Å². The van der Waals surface area contributed by atoms with E-state index in [1.54, 1.807) is 0 Å². The first-order valence-corrected chi connectivity index (χ1v) is 9.03. The summed E-state index contributed by atoms with van der Waals surface area (Å²) < 4.78 is 0. The third kappa shape index (κ3) is 8.26. The van der Waals surface area contributed by atoms with Crippen LogP contribution in [0, 0.1) is 23.7 Å². The average Bonchev–Trinajstić information content (AvgIpc) is 2.64. The van der Waals surface area contributed by atoms with Crippen LogP contribution in [0.5, 0.6) is 0 Å². The van der Waals surface area contributed by atoms with Crippen molar-refractivity contribution >= 4 is 0 Å². The second-order valence-electron chi connectivity index (χ2n) is 5.96. The zero-order valence-electron chi connectivity index (χ0n) is 14.4. The normalized spacial score (nSPS) is 9.50. The van der Waals surface area contributed by atoms with Crippen LogP contribution in [-0.2, 0) is 0 Å². The summed E-state index contributed by atoms with van der Waals surface area (Å²) in [5.74, 6) is 13.0. The topological polar surface area (TPSA) is 0 Å². The Hall–Kier alpha value is -2.44. The summed E-state index contributed by atoms with van der Waals surface area (Å²) in [7, 11) is 0. The molecular formula is C24H26. The first-order valence-electron chi connectivity index (χ1n) is 9.03. The molecule has 0 heterocycles. The van der Waals surface area contributed by atoms with E-state index in [2.05, 4.69) is 47.9 Å². The van der Waals surface area contributed by atoms with Gasteiger partial charge in [-0.15, -0.1) is 0 Å². The molecule has 0 spiro atoms. The minimum atomic E-state index is 1.01. The summed E-state index contributed by atoms with van der Waals surface area (Å²) in [4.78, 5) is 0. The number of hydrogen-bond acceptors (Lipinski definition) is 0. The standard InChI is InChI=1S/C24H26/c1(3-5-7-11-17-23-19-13-9-14-20-23)2-4-6-8-12-18-24-21-15-10-16-22-24/h9-10,13-16,19-22H,1-8H2. The van der Waals surface area contributed by atoms with Crippen molar-refractivity contribution in [2.45, 2.75) is 51.4 Å². The van der Waals surface area contributed by atoms with Gasteiger partial charge < -0.3 is 0 Å². The van der Waals surface area contributed by atoms with E-state index in [1.807, 2.05) is 36.4 Å². The second kappa shape index (κ2) is 12.0. The molecular weight excluding hydrogens is 288 g/mol. The Morgan fingerprint density at radius 1 is 0.458 bits per heavy atom. The van der Waals surface area contributed by atoms with Gasteiger partial charge in [0.2, 0.25) is 0 Å². The highest BCUT2D eigenvalue weighted by Gasteiger charge is 1.90. The Labute approximate surface area is 147 Å². The number of hydrogen-bond donors (Lipinski definition) is 0. The average molecular weight is 314 g/mol. The van der Waals surface area contributed by atoms with Crippen molar-refractivity contribution in [3.05, 3.63) is 71.8 Å². The molecule has 24 heavy (non-hydrogen) atoms. The molecule has 0 N–H and O–H groups in total. The van der Waals surface area contributed by atoms with E-state index >= 15 is 0 Å². The lowest BCUT2D eigenvalue weighted by molar-refractivity contribution is 0.604. The summed E-state index contributed by atoms with van der Waals surface area (Å²) in [5, 5.41) is 0. The van der Waals surface area contributed by atoms with Gasteiger partial charge in [0.05, 0.1) is 0 Å². The number of unbranched alkanes of at least 4 members (excludes halogenated alkanes) is 7. The third-order valence-corrected chi connectivity index (χ3v) is 3.87. The molecule has 0 aromatic heterocycles. The fourth-order valence-electron chi connectivity index (χ4n) is 2.51. The van der Waals surface area contributed by atoms with Gasteiger partial charge >= 0.3 is 0 Å². The number of benzene rings is 2. The van der Waals surface area contributed by atoms with Crippen molar-refractivity contribution in [1.29, 1.82) is 0 Å². The van der Waals surface area contributed by atoms with Crippen molar-refractivity contribution in [2.75, 3.05) is 0 Å². The maximum Gasteiger partial charge on any atom is 0.0245 e. The van der Waals surface area contributed by atoms with Gasteiger partial charge in [-0.3, -0.25) is 0 Å². The zero-order chi connectivity index (χ0) is 16.7. The van der Waals surface area contributed by atoms with Crippen LogP contribution in [0.2, 0.25) is 0 Å². The maximum absolute atomic E-state index is 3.27. The van der Waals surface area contributed by atoms with Crippen LogP contribution in [0.15, 0.2) is 60.7 Å². The molecule has 0 saturated heterocycles. The van der Waals surface area contributed by atoms with E-state index < -0.39 is 0 Å². The predicted octanol–water partition coefficient (Wildman–Crippen LogP) is 6.21. The first-order chi connectivity index (χ1) is 11.9. The summed E-state index contributed by atoms with van der Waals surface area (Å²) in [6.07, 6.45) is 9.67. The van der Waals surface area contributed by atoms with Gasteiger partial charge in [0, 0.05) is 24.0 Å². The van der Waals surface area contributed by atoms with Crippen LogP contribution in [-0.4, -0.2) is 0 Å². The molecule has 0 heteroatoms. The molecule has 2 aromatic rings. The van der Waals surface area contributed by atoms with Gasteiger partial charge in [-0.25, -0.2) is 0 Å². The van der Waals surface area contributed by atoms with Crippen molar-refractivity contribution in [1.82, 2.24) is 0 Å². The predicted molar refractivity (Wildman–Crippen MR) is 104 cm³/mol. The summed E-state index contributed by atoms with van der Waals surface area (Å²) in [6, 6.07) is 20.4. The minimum absolute atomic E-state index is 1.01. The zero-order valence-corrected chi connectivity index (χ0v) is 14.4. The van der Waals surface area contributed by atoms with Gasteiger partial charge in [-0.2, -0.15) is 0 Å². The van der Waals surface area contributed by atoms with Gasteiger partial charge in [0.25, 0.3) is 0 Å². The first kappa shape index (κ1) is 17.9. The monoisotopic (exact) mass is 314 g/mol. The smallest absolute Gasteiger partial charge is 0.0245 e. The largest absolute Gasteiger partial charge is 0.0979 e. The van der Waals surface area contributed by atoms with Crippen LogP contribution in [0.25, 0.3) is 0 Å². The van der Waals surface area contributed by atoms with Crippen LogP contribution < -0.4 is 0 Å². The molecule has 0 nitrogen and oxygen atoms in total. The summed E-state index contributed by atoms with van der Waals surface area (Å²) >= 11 is 0. The van der Waals surface area contributed by atoms with E-state index in [0.717, 1.165) is 24.0 Å². The molecule has 0 aliphatic heterocycles. The molecule has 0 atom stereocenters. The van der Waals surface area contributed by atoms with Crippen LogP contribution >= 0.6 is 0 Å². The highest BCUT2D eigenvalue weighted by Crippen LogP contribution is 2.08. The maximum atomic E-state index is 3.27. The van der Waals surface area contributed by atoms with Crippen molar-refractivity contribution < 1.29 is 0 Å². The Morgan fingerprint density at radius 2 is 0.833 bits per heavy atom. The van der Waals surface area contributed by atoms with Gasteiger partial charge in [-0.05, 0) is 37.1 Å². The van der Waals surface area contributed by atoms with E-state index in [0.29, 0.717) is 0 Å². The summed E-state index contributed by atoms with van der Waals surface area (Å²) in [5.41, 5.74) is 2.24. The van der Waals surface area contributed by atoms with Gasteiger partial charge in [0.15, 0.2) is 0 Å². The van der Waals surface area contributed by atoms with Gasteiger partial charge in [0.1, 0.15) is 0 Å². The van der Waals surface area contributed by atoms with Crippen LogP contribution in [0.1, 0.15) is 62.5 Å². The molecule has 2 rings (SSSR count). The highest BCUT2D eigenvalue weighted by atomic mass is 14.0. The Balaban J connectivity index is 1.43. The molecule has 0 saturated carbocycles. The SMILES string of the molecule is C(#Cc1ccccc1)CCCCCCCCC#Cc1ccccc1. The molecule has 0 fully saturated rings. The Kier molecular flexibility index (Phi) is 8.98. The Morgan fingerprint density at radius 3 is 1.25 bits per heavy atom. The minimum Gasteiger partial charge on any atom is -0.0979 e. The summed E-state index contributed by atoms with van der Waals surface area (Å²) in [6.45, 7) is 0. The third-order valence-electron chi connectivity index (χ3n) is 3.87. The lowest BCUT2D eigenvalue weighted by Gasteiger charge is -1.98. The highest BCUT2D eigenvalue weighted by molar-refractivity contribution is 5.34. The molecule has 2 aromatic carbocycles. The van der Waals surface area contributed by atoms with E-state index in [1.165, 1.54) is 38.5 Å². The van der Waals surface area contributed by atoms with Gasteiger partial charge in [-0.1, -0.05) is 85.8 Å². The van der Waals surface area contributed by atoms with E-state index in [4.69, 9.17) is 0 Å². The molecule has 0 aliphatic carbocycles. The van der Waals surface area contributed by atoms with Crippen molar-refractivity contribution in [3.63, 3.8) is 0 Å². The van der Waals surface area contributed by atoms with Crippen LogP contribution in [0.4, 0.5) is 0 Å².